The van der Waals surface area contributed by atoms with Crippen LogP contribution in [0.1, 0.15) is 23.1 Å². The molecule has 0 aliphatic heterocycles. The molecule has 2 aromatic rings. The first-order valence-corrected chi connectivity index (χ1v) is 10.9. The molecule has 10 heteroatoms. The van der Waals surface area contributed by atoms with Gasteiger partial charge in [0.25, 0.3) is 5.91 Å². The molecular weight excluding hydrogens is 422 g/mol. The van der Waals surface area contributed by atoms with Crippen LogP contribution in [0.25, 0.3) is 0 Å². The average molecular weight is 448 g/mol. The van der Waals surface area contributed by atoms with Crippen LogP contribution in [-0.2, 0) is 30.8 Å². The first-order valence-electron chi connectivity index (χ1n) is 9.47. The van der Waals surface area contributed by atoms with Gasteiger partial charge in [-0.3, -0.25) is 14.9 Å². The molecule has 0 heterocycles. The Labute approximate surface area is 181 Å². The van der Waals surface area contributed by atoms with E-state index in [1.807, 2.05) is 19.9 Å². The Kier molecular flexibility index (Phi) is 8.29. The highest BCUT2D eigenvalue weighted by Gasteiger charge is 2.13. The van der Waals surface area contributed by atoms with Crippen molar-refractivity contribution in [2.45, 2.75) is 31.6 Å². The third kappa shape index (κ3) is 7.50. The van der Waals surface area contributed by atoms with Gasteiger partial charge in [0, 0.05) is 12.1 Å². The summed E-state index contributed by atoms with van der Waals surface area (Å²) in [4.78, 5) is 35.6. The van der Waals surface area contributed by atoms with E-state index in [2.05, 4.69) is 15.4 Å². The molecule has 166 valence electrons. The zero-order valence-corrected chi connectivity index (χ0v) is 18.3. The van der Waals surface area contributed by atoms with Crippen molar-refractivity contribution < 1.29 is 27.5 Å². The van der Waals surface area contributed by atoms with Gasteiger partial charge in [0.1, 0.15) is 0 Å². The van der Waals surface area contributed by atoms with Gasteiger partial charge >= 0.3 is 12.0 Å². The first kappa shape index (κ1) is 24.0. The van der Waals surface area contributed by atoms with Gasteiger partial charge in [0.15, 0.2) is 6.61 Å². The first-order chi connectivity index (χ1) is 14.6. The smallest absolute Gasteiger partial charge is 0.325 e. The van der Waals surface area contributed by atoms with Crippen molar-refractivity contribution in [2.75, 3.05) is 19.0 Å². The van der Waals surface area contributed by atoms with Gasteiger partial charge in [0.05, 0.1) is 4.90 Å². The minimum absolute atomic E-state index is 0.000242. The Bertz CT molecular complexity index is 1070. The second-order valence-corrected chi connectivity index (χ2v) is 8.70. The molecule has 0 aliphatic rings. The van der Waals surface area contributed by atoms with Crippen molar-refractivity contribution in [3.63, 3.8) is 0 Å². The number of hydrogen-bond donors (Lipinski definition) is 3. The van der Waals surface area contributed by atoms with Crippen LogP contribution in [0.15, 0.2) is 47.4 Å². The summed E-state index contributed by atoms with van der Waals surface area (Å²) in [7, 11) is -2.20. The van der Waals surface area contributed by atoms with Gasteiger partial charge < -0.3 is 10.1 Å². The van der Waals surface area contributed by atoms with Gasteiger partial charge in [-0.25, -0.2) is 17.9 Å². The van der Waals surface area contributed by atoms with E-state index in [9.17, 15) is 22.8 Å². The molecule has 2 aromatic carbocycles. The summed E-state index contributed by atoms with van der Waals surface area (Å²) in [5.74, 6) is -1.37. The highest BCUT2D eigenvalue weighted by molar-refractivity contribution is 7.89. The van der Waals surface area contributed by atoms with Crippen LogP contribution in [0.2, 0.25) is 0 Å². The van der Waals surface area contributed by atoms with Crippen molar-refractivity contribution >= 4 is 33.6 Å². The third-order valence-electron chi connectivity index (χ3n) is 4.50. The normalized spacial score (nSPS) is 10.9. The number of carbonyl (C=O) groups is 3. The number of benzene rings is 2. The van der Waals surface area contributed by atoms with Crippen molar-refractivity contribution in [2.24, 2.45) is 0 Å². The van der Waals surface area contributed by atoms with Crippen molar-refractivity contribution in [3.8, 4) is 0 Å². The van der Waals surface area contributed by atoms with Crippen LogP contribution in [-0.4, -0.2) is 40.0 Å². The number of urea groups is 1. The van der Waals surface area contributed by atoms with Crippen LogP contribution in [0.5, 0.6) is 0 Å². The second-order valence-electron chi connectivity index (χ2n) is 6.81. The molecule has 0 unspecified atom stereocenters. The summed E-state index contributed by atoms with van der Waals surface area (Å²) >= 11 is 0. The Morgan fingerprint density at radius 1 is 0.968 bits per heavy atom. The highest BCUT2D eigenvalue weighted by atomic mass is 32.2. The minimum Gasteiger partial charge on any atom is -0.456 e. The van der Waals surface area contributed by atoms with Gasteiger partial charge in [0.2, 0.25) is 10.0 Å². The topological polar surface area (TPSA) is 131 Å². The molecule has 0 aliphatic carbocycles. The Morgan fingerprint density at radius 2 is 1.65 bits per heavy atom. The number of hydrogen-bond acceptors (Lipinski definition) is 6. The fourth-order valence-electron chi connectivity index (χ4n) is 2.56. The SMILES string of the molecule is CNS(=O)(=O)c1ccc(CCC(=O)OCC(=O)NC(=O)Nc2ccc(C)c(C)c2)cc1. The molecule has 0 aromatic heterocycles. The lowest BCUT2D eigenvalue weighted by atomic mass is 10.1. The molecule has 0 spiro atoms. The van der Waals surface area contributed by atoms with Gasteiger partial charge in [-0.2, -0.15) is 0 Å². The molecule has 2 rings (SSSR count). The molecule has 9 nitrogen and oxygen atoms in total. The van der Waals surface area contributed by atoms with Gasteiger partial charge in [-0.05, 0) is 68.3 Å². The Hall–Kier alpha value is -3.24. The van der Waals surface area contributed by atoms with Crippen LogP contribution in [0.4, 0.5) is 10.5 Å². The van der Waals surface area contributed by atoms with Crippen LogP contribution in [0, 0.1) is 13.8 Å². The second kappa shape index (κ2) is 10.7. The van der Waals surface area contributed by atoms with E-state index < -0.39 is 34.5 Å². The summed E-state index contributed by atoms with van der Waals surface area (Å²) in [5, 5.41) is 4.62. The van der Waals surface area contributed by atoms with E-state index in [1.165, 1.54) is 19.2 Å². The molecule has 0 bridgehead atoms. The van der Waals surface area contributed by atoms with Crippen LogP contribution >= 0.6 is 0 Å². The molecule has 0 saturated heterocycles. The maximum atomic E-state index is 11.9. The van der Waals surface area contributed by atoms with E-state index in [0.29, 0.717) is 12.1 Å². The fourth-order valence-corrected chi connectivity index (χ4v) is 3.29. The summed E-state index contributed by atoms with van der Waals surface area (Å²) in [5.41, 5.74) is 3.35. The van der Waals surface area contributed by atoms with Crippen molar-refractivity contribution in [1.29, 1.82) is 0 Å². The standard InChI is InChI=1S/C21H25N3O6S/c1-14-4-8-17(12-15(14)2)23-21(27)24-19(25)13-30-20(26)11-7-16-5-9-18(10-6-16)31(28,29)22-3/h4-6,8-10,12,22H,7,11,13H2,1-3H3,(H2,23,24,25,27). The predicted octanol–water partition coefficient (Wildman–Crippen LogP) is 2.04. The summed E-state index contributed by atoms with van der Waals surface area (Å²) in [6, 6.07) is 10.7. The van der Waals surface area contributed by atoms with Gasteiger partial charge in [-0.1, -0.05) is 18.2 Å². The third-order valence-corrected chi connectivity index (χ3v) is 5.93. The lowest BCUT2D eigenvalue weighted by Gasteiger charge is -2.09. The molecule has 0 fully saturated rings. The molecule has 3 N–H and O–H groups in total. The number of amides is 3. The summed E-state index contributed by atoms with van der Waals surface area (Å²) in [6.45, 7) is 3.26. The monoisotopic (exact) mass is 447 g/mol. The molecule has 31 heavy (non-hydrogen) atoms. The largest absolute Gasteiger partial charge is 0.456 e. The van der Waals surface area contributed by atoms with Crippen LogP contribution < -0.4 is 15.4 Å². The minimum atomic E-state index is -3.52. The van der Waals surface area contributed by atoms with E-state index in [1.54, 1.807) is 24.3 Å². The quantitative estimate of drug-likeness (QED) is 0.531. The van der Waals surface area contributed by atoms with Crippen molar-refractivity contribution in [3.05, 3.63) is 59.2 Å². The molecule has 0 atom stereocenters. The number of aryl methyl sites for hydroxylation is 3. The average Bonchev–Trinajstić information content (AvgIpc) is 2.73. The highest BCUT2D eigenvalue weighted by Crippen LogP contribution is 2.14. The van der Waals surface area contributed by atoms with E-state index >= 15 is 0 Å². The summed E-state index contributed by atoms with van der Waals surface area (Å²) < 4.78 is 30.5. The number of ether oxygens (including phenoxy) is 1. The van der Waals surface area contributed by atoms with E-state index in [-0.39, 0.29) is 11.3 Å². The Morgan fingerprint density at radius 3 is 2.26 bits per heavy atom. The zero-order chi connectivity index (χ0) is 23.0. The number of nitrogens with one attached hydrogen (secondary N) is 3. The predicted molar refractivity (Wildman–Crippen MR) is 115 cm³/mol. The lowest BCUT2D eigenvalue weighted by Crippen LogP contribution is -2.37. The number of carbonyl (C=O) groups excluding carboxylic acids is 3. The molecule has 0 saturated carbocycles. The number of imide groups is 1. The number of esters is 1. The van der Waals surface area contributed by atoms with E-state index in [0.717, 1.165) is 16.7 Å². The van der Waals surface area contributed by atoms with E-state index in [4.69, 9.17) is 4.74 Å². The van der Waals surface area contributed by atoms with Crippen molar-refractivity contribution in [1.82, 2.24) is 10.0 Å². The molecule has 3 amide bonds. The fraction of sp³-hybridized carbons (Fsp3) is 0.286. The summed E-state index contributed by atoms with van der Waals surface area (Å²) in [6.07, 6.45) is 0.313. The molecular formula is C21H25N3O6S. The van der Waals surface area contributed by atoms with Gasteiger partial charge in [-0.15, -0.1) is 0 Å². The molecule has 0 radical (unpaired) electrons. The maximum absolute atomic E-state index is 11.9. The number of anilines is 1. The Balaban J connectivity index is 1.73. The lowest BCUT2D eigenvalue weighted by molar-refractivity contribution is -0.148. The number of sulfonamides is 1. The number of rotatable bonds is 8. The van der Waals surface area contributed by atoms with Crippen LogP contribution in [0.3, 0.4) is 0 Å². The maximum Gasteiger partial charge on any atom is 0.325 e. The zero-order valence-electron chi connectivity index (χ0n) is 17.5.